The van der Waals surface area contributed by atoms with Gasteiger partial charge in [0, 0.05) is 28.8 Å². The smallest absolute Gasteiger partial charge is 0.338 e. The minimum Gasteiger partial charge on any atom is -0.465 e. The van der Waals surface area contributed by atoms with Crippen LogP contribution >= 0.6 is 23.4 Å². The van der Waals surface area contributed by atoms with E-state index in [0.29, 0.717) is 16.5 Å². The minimum absolute atomic E-state index is 0.344. The lowest BCUT2D eigenvalue weighted by Crippen LogP contribution is -2.02. The standard InChI is InChI=1S/C19H17ClN2O2S/c1-22-18(20)15(17(21-22)13-8-4-3-5-9-13)12-25-16-11-7-6-10-14(16)19(23)24-2/h3-11H,12H2,1-2H3. The first-order valence-electron chi connectivity index (χ1n) is 7.68. The minimum atomic E-state index is -0.344. The number of benzene rings is 2. The van der Waals surface area contributed by atoms with Crippen LogP contribution in [0.4, 0.5) is 0 Å². The van der Waals surface area contributed by atoms with Crippen LogP contribution in [0.2, 0.25) is 5.15 Å². The molecule has 0 radical (unpaired) electrons. The Labute approximate surface area is 155 Å². The number of halogens is 1. The quantitative estimate of drug-likeness (QED) is 0.475. The van der Waals surface area contributed by atoms with Crippen LogP contribution in [-0.4, -0.2) is 22.9 Å². The Balaban J connectivity index is 1.92. The number of carbonyl (C=O) groups is 1. The summed E-state index contributed by atoms with van der Waals surface area (Å²) >= 11 is 8.00. The van der Waals surface area contributed by atoms with Crippen molar-refractivity contribution in [3.05, 3.63) is 70.9 Å². The Kier molecular flexibility index (Phi) is 5.46. The second kappa shape index (κ2) is 7.76. The second-order valence-corrected chi connectivity index (χ2v) is 6.76. The molecule has 0 aliphatic rings. The summed E-state index contributed by atoms with van der Waals surface area (Å²) in [6.07, 6.45) is 0. The Bertz CT molecular complexity index is 894. The molecule has 0 fully saturated rings. The van der Waals surface area contributed by atoms with Crippen molar-refractivity contribution in [2.45, 2.75) is 10.6 Å². The van der Waals surface area contributed by atoms with Crippen LogP contribution in [0.5, 0.6) is 0 Å². The number of thioether (sulfide) groups is 1. The molecule has 0 unspecified atom stereocenters. The topological polar surface area (TPSA) is 44.1 Å². The van der Waals surface area contributed by atoms with Crippen molar-refractivity contribution in [3.63, 3.8) is 0 Å². The van der Waals surface area contributed by atoms with E-state index in [1.165, 1.54) is 7.11 Å². The SMILES string of the molecule is COC(=O)c1ccccc1SCc1c(-c2ccccc2)nn(C)c1Cl. The highest BCUT2D eigenvalue weighted by atomic mass is 35.5. The van der Waals surface area contributed by atoms with Crippen molar-refractivity contribution < 1.29 is 9.53 Å². The van der Waals surface area contributed by atoms with Crippen LogP contribution < -0.4 is 0 Å². The lowest BCUT2D eigenvalue weighted by atomic mass is 10.1. The fourth-order valence-corrected chi connectivity index (χ4v) is 3.85. The Hall–Kier alpha value is -2.24. The molecular formula is C19H17ClN2O2S. The zero-order chi connectivity index (χ0) is 17.8. The molecule has 0 saturated heterocycles. The lowest BCUT2D eigenvalue weighted by Gasteiger charge is -2.08. The van der Waals surface area contributed by atoms with Gasteiger partial charge >= 0.3 is 5.97 Å². The Morgan fingerprint density at radius 1 is 1.16 bits per heavy atom. The molecule has 1 aromatic heterocycles. The van der Waals surface area contributed by atoms with Crippen LogP contribution in [0.1, 0.15) is 15.9 Å². The summed E-state index contributed by atoms with van der Waals surface area (Å²) in [5.41, 5.74) is 3.37. The maximum absolute atomic E-state index is 11.9. The molecule has 128 valence electrons. The molecule has 6 heteroatoms. The third kappa shape index (κ3) is 3.72. The van der Waals surface area contributed by atoms with E-state index >= 15 is 0 Å². The summed E-state index contributed by atoms with van der Waals surface area (Å²) < 4.78 is 6.53. The first-order chi connectivity index (χ1) is 12.1. The summed E-state index contributed by atoms with van der Waals surface area (Å²) in [6.45, 7) is 0. The van der Waals surface area contributed by atoms with Crippen LogP contribution in [0.15, 0.2) is 59.5 Å². The van der Waals surface area contributed by atoms with Gasteiger partial charge in [-0.2, -0.15) is 5.10 Å². The number of methoxy groups -OCH3 is 1. The number of aryl methyl sites for hydroxylation is 1. The van der Waals surface area contributed by atoms with Crippen LogP contribution in [0, 0.1) is 0 Å². The summed E-state index contributed by atoms with van der Waals surface area (Å²) in [7, 11) is 3.21. The second-order valence-electron chi connectivity index (χ2n) is 5.38. The molecule has 0 spiro atoms. The molecule has 0 atom stereocenters. The van der Waals surface area contributed by atoms with Gasteiger partial charge in [-0.05, 0) is 12.1 Å². The third-order valence-electron chi connectivity index (χ3n) is 3.78. The van der Waals surface area contributed by atoms with Crippen molar-refractivity contribution in [2.24, 2.45) is 7.05 Å². The van der Waals surface area contributed by atoms with Crippen LogP contribution in [0.3, 0.4) is 0 Å². The average Bonchev–Trinajstić information content (AvgIpc) is 2.95. The summed E-state index contributed by atoms with van der Waals surface area (Å²) in [4.78, 5) is 12.8. The van der Waals surface area contributed by atoms with Gasteiger partial charge < -0.3 is 4.74 Å². The zero-order valence-corrected chi connectivity index (χ0v) is 15.5. The molecule has 0 aliphatic heterocycles. The largest absolute Gasteiger partial charge is 0.465 e. The van der Waals surface area contributed by atoms with Gasteiger partial charge in [0.15, 0.2) is 0 Å². The first-order valence-corrected chi connectivity index (χ1v) is 9.05. The number of carbonyl (C=O) groups excluding carboxylic acids is 1. The van der Waals surface area contributed by atoms with Gasteiger partial charge in [-0.3, -0.25) is 4.68 Å². The van der Waals surface area contributed by atoms with E-state index < -0.39 is 0 Å². The fraction of sp³-hybridized carbons (Fsp3) is 0.158. The molecule has 3 rings (SSSR count). The third-order valence-corrected chi connectivity index (χ3v) is 5.35. The van der Waals surface area contributed by atoms with E-state index in [2.05, 4.69) is 5.10 Å². The maximum atomic E-state index is 11.9. The van der Waals surface area contributed by atoms with Crippen molar-refractivity contribution in [1.82, 2.24) is 9.78 Å². The van der Waals surface area contributed by atoms with E-state index in [1.54, 1.807) is 22.5 Å². The van der Waals surface area contributed by atoms with Crippen molar-refractivity contribution in [2.75, 3.05) is 7.11 Å². The predicted molar refractivity (Wildman–Crippen MR) is 101 cm³/mol. The predicted octanol–water partition coefficient (Wildman–Crippen LogP) is 4.82. The number of ether oxygens (including phenoxy) is 1. The van der Waals surface area contributed by atoms with E-state index in [1.807, 2.05) is 55.6 Å². The Morgan fingerprint density at radius 3 is 2.56 bits per heavy atom. The number of hydrogen-bond acceptors (Lipinski definition) is 4. The molecule has 1 heterocycles. The zero-order valence-electron chi connectivity index (χ0n) is 13.9. The maximum Gasteiger partial charge on any atom is 0.338 e. The van der Waals surface area contributed by atoms with Gasteiger partial charge in [0.25, 0.3) is 0 Å². The normalized spacial score (nSPS) is 10.7. The highest BCUT2D eigenvalue weighted by molar-refractivity contribution is 7.98. The van der Waals surface area contributed by atoms with Crippen molar-refractivity contribution in [3.8, 4) is 11.3 Å². The van der Waals surface area contributed by atoms with Gasteiger partial charge in [-0.15, -0.1) is 11.8 Å². The molecule has 0 aliphatic carbocycles. The average molecular weight is 373 g/mol. The molecule has 0 amide bonds. The summed E-state index contributed by atoms with van der Waals surface area (Å²) in [5, 5.41) is 5.15. The molecular weight excluding hydrogens is 356 g/mol. The first kappa shape index (κ1) is 17.6. The molecule has 2 aromatic carbocycles. The van der Waals surface area contributed by atoms with E-state index in [9.17, 15) is 4.79 Å². The monoisotopic (exact) mass is 372 g/mol. The van der Waals surface area contributed by atoms with Gasteiger partial charge in [-0.25, -0.2) is 4.79 Å². The number of nitrogens with zero attached hydrogens (tertiary/aromatic N) is 2. The van der Waals surface area contributed by atoms with Crippen LogP contribution in [0.25, 0.3) is 11.3 Å². The van der Waals surface area contributed by atoms with Crippen LogP contribution in [-0.2, 0) is 17.5 Å². The Morgan fingerprint density at radius 2 is 1.84 bits per heavy atom. The molecule has 4 nitrogen and oxygen atoms in total. The van der Waals surface area contributed by atoms with Crippen molar-refractivity contribution >= 4 is 29.3 Å². The van der Waals surface area contributed by atoms with E-state index in [4.69, 9.17) is 16.3 Å². The molecule has 25 heavy (non-hydrogen) atoms. The van der Waals surface area contributed by atoms with Gasteiger partial charge in [0.1, 0.15) is 5.15 Å². The summed E-state index contributed by atoms with van der Waals surface area (Å²) in [6, 6.07) is 17.3. The fourth-order valence-electron chi connectivity index (χ4n) is 2.52. The number of aromatic nitrogens is 2. The van der Waals surface area contributed by atoms with Gasteiger partial charge in [0.2, 0.25) is 0 Å². The lowest BCUT2D eigenvalue weighted by molar-refractivity contribution is 0.0597. The molecule has 0 N–H and O–H groups in total. The highest BCUT2D eigenvalue weighted by Crippen LogP contribution is 2.34. The molecule has 0 bridgehead atoms. The van der Waals surface area contributed by atoms with E-state index in [-0.39, 0.29) is 5.97 Å². The molecule has 3 aromatic rings. The highest BCUT2D eigenvalue weighted by Gasteiger charge is 2.18. The van der Waals surface area contributed by atoms with Gasteiger partial charge in [-0.1, -0.05) is 54.1 Å². The van der Waals surface area contributed by atoms with Crippen molar-refractivity contribution in [1.29, 1.82) is 0 Å². The summed E-state index contributed by atoms with van der Waals surface area (Å²) in [5.74, 6) is 0.258. The molecule has 0 saturated carbocycles. The number of esters is 1. The number of rotatable bonds is 5. The van der Waals surface area contributed by atoms with E-state index in [0.717, 1.165) is 21.7 Å². The van der Waals surface area contributed by atoms with Gasteiger partial charge in [0.05, 0.1) is 18.4 Å². The number of hydrogen-bond donors (Lipinski definition) is 0.